The number of carbonyl (C=O) groups is 1. The molecule has 1 fully saturated rings. The molecule has 2 aromatic rings. The van der Waals surface area contributed by atoms with E-state index in [0.717, 1.165) is 55.4 Å². The van der Waals surface area contributed by atoms with E-state index in [1.807, 2.05) is 23.1 Å². The number of nitrogens with zero attached hydrogens (tertiary/aromatic N) is 4. The van der Waals surface area contributed by atoms with Crippen molar-refractivity contribution in [1.82, 2.24) is 24.7 Å². The van der Waals surface area contributed by atoms with Gasteiger partial charge >= 0.3 is 0 Å². The van der Waals surface area contributed by atoms with Crippen LogP contribution in [0.3, 0.4) is 0 Å². The van der Waals surface area contributed by atoms with Crippen molar-refractivity contribution in [3.8, 4) is 11.4 Å². The average molecular weight is 367 g/mol. The number of likely N-dealkylation sites (N-methyl/N-ethyl adjacent to an activating group) is 2. The molecule has 0 radical (unpaired) electrons. The zero-order chi connectivity index (χ0) is 18.8. The van der Waals surface area contributed by atoms with E-state index in [9.17, 15) is 4.79 Å². The predicted octanol–water partition coefficient (Wildman–Crippen LogP) is 1.99. The molecule has 6 nitrogen and oxygen atoms in total. The second kappa shape index (κ2) is 7.82. The Hall–Kier alpha value is -2.18. The molecule has 27 heavy (non-hydrogen) atoms. The highest BCUT2D eigenvalue weighted by molar-refractivity contribution is 5.76. The van der Waals surface area contributed by atoms with Crippen LogP contribution in [0.4, 0.5) is 0 Å². The number of hydrogen-bond donors (Lipinski definition) is 1. The number of benzene rings is 1. The maximum Gasteiger partial charge on any atom is 0.224 e. The number of carbonyl (C=O) groups excluding carboxylic acids is 1. The highest BCUT2D eigenvalue weighted by Gasteiger charge is 2.26. The van der Waals surface area contributed by atoms with Gasteiger partial charge in [-0.2, -0.15) is 0 Å². The third kappa shape index (κ3) is 4.06. The van der Waals surface area contributed by atoms with Crippen LogP contribution in [0.25, 0.3) is 11.4 Å². The molecule has 1 atom stereocenters. The Bertz CT molecular complexity index is 787. The van der Waals surface area contributed by atoms with Crippen LogP contribution in [0.2, 0.25) is 0 Å². The van der Waals surface area contributed by atoms with E-state index in [2.05, 4.69) is 41.0 Å². The van der Waals surface area contributed by atoms with Gasteiger partial charge in [0.05, 0.1) is 17.9 Å². The summed E-state index contributed by atoms with van der Waals surface area (Å²) in [6.45, 7) is 4.50. The number of imidazole rings is 1. The average Bonchev–Trinajstić information content (AvgIpc) is 3.32. The van der Waals surface area contributed by atoms with Crippen LogP contribution < -0.4 is 0 Å². The summed E-state index contributed by atoms with van der Waals surface area (Å²) >= 11 is 0. The molecule has 1 unspecified atom stereocenters. The van der Waals surface area contributed by atoms with Crippen molar-refractivity contribution in [3.63, 3.8) is 0 Å². The van der Waals surface area contributed by atoms with Crippen molar-refractivity contribution in [2.75, 3.05) is 40.3 Å². The van der Waals surface area contributed by atoms with Gasteiger partial charge < -0.3 is 19.7 Å². The highest BCUT2D eigenvalue weighted by Crippen LogP contribution is 2.23. The molecule has 0 aliphatic carbocycles. The summed E-state index contributed by atoms with van der Waals surface area (Å²) in [4.78, 5) is 27.6. The molecular weight excluding hydrogens is 338 g/mol. The minimum absolute atomic E-state index is 0.245. The Balaban J connectivity index is 1.34. The van der Waals surface area contributed by atoms with Crippen LogP contribution in [-0.2, 0) is 17.8 Å². The Morgan fingerprint density at radius 3 is 2.85 bits per heavy atom. The fourth-order valence-corrected chi connectivity index (χ4v) is 4.12. The van der Waals surface area contributed by atoms with Crippen molar-refractivity contribution in [2.45, 2.75) is 31.8 Å². The Morgan fingerprint density at radius 2 is 2.11 bits per heavy atom. The first kappa shape index (κ1) is 18.2. The maximum atomic E-state index is 12.7. The van der Waals surface area contributed by atoms with Crippen molar-refractivity contribution in [1.29, 1.82) is 0 Å². The number of likely N-dealkylation sites (tertiary alicyclic amines) is 1. The molecule has 0 spiro atoms. The summed E-state index contributed by atoms with van der Waals surface area (Å²) in [7, 11) is 4.31. The minimum Gasteiger partial charge on any atom is -0.340 e. The van der Waals surface area contributed by atoms with Gasteiger partial charge in [-0.3, -0.25) is 4.79 Å². The number of hydrogen-bond acceptors (Lipinski definition) is 4. The monoisotopic (exact) mass is 367 g/mol. The lowest BCUT2D eigenvalue weighted by atomic mass is 10.1. The van der Waals surface area contributed by atoms with E-state index < -0.39 is 0 Å². The van der Waals surface area contributed by atoms with E-state index in [1.54, 1.807) is 0 Å². The molecule has 0 saturated carbocycles. The van der Waals surface area contributed by atoms with Crippen molar-refractivity contribution in [3.05, 3.63) is 41.7 Å². The van der Waals surface area contributed by atoms with Crippen LogP contribution in [0, 0.1) is 0 Å². The second-order valence-corrected chi connectivity index (χ2v) is 7.88. The SMILES string of the molecule is CN1CCC(N(C)CCC(=O)N2CCc3nc(-c4ccccc4)[nH]c3C2)C1. The summed E-state index contributed by atoms with van der Waals surface area (Å²) in [6, 6.07) is 10.7. The van der Waals surface area contributed by atoms with Gasteiger partial charge in [-0.05, 0) is 27.1 Å². The Labute approximate surface area is 161 Å². The number of fused-ring (bicyclic) bond motifs is 1. The number of aromatic amines is 1. The lowest BCUT2D eigenvalue weighted by Gasteiger charge is -2.28. The first-order chi connectivity index (χ1) is 13.1. The molecule has 1 N–H and O–H groups in total. The zero-order valence-electron chi connectivity index (χ0n) is 16.3. The molecule has 3 heterocycles. The summed E-state index contributed by atoms with van der Waals surface area (Å²) in [5, 5.41) is 0. The molecular formula is C21H29N5O. The van der Waals surface area contributed by atoms with E-state index in [0.29, 0.717) is 19.0 Å². The first-order valence-electron chi connectivity index (χ1n) is 9.90. The number of rotatable bonds is 5. The quantitative estimate of drug-likeness (QED) is 0.878. The largest absolute Gasteiger partial charge is 0.340 e. The van der Waals surface area contributed by atoms with Crippen LogP contribution in [-0.4, -0.2) is 76.9 Å². The predicted molar refractivity (Wildman–Crippen MR) is 106 cm³/mol. The van der Waals surface area contributed by atoms with Gasteiger partial charge in [-0.15, -0.1) is 0 Å². The first-order valence-corrected chi connectivity index (χ1v) is 9.90. The van der Waals surface area contributed by atoms with Crippen LogP contribution in [0.1, 0.15) is 24.2 Å². The van der Waals surface area contributed by atoms with Gasteiger partial charge in [-0.1, -0.05) is 30.3 Å². The molecule has 1 aromatic carbocycles. The van der Waals surface area contributed by atoms with Gasteiger partial charge in [0.1, 0.15) is 5.82 Å². The van der Waals surface area contributed by atoms with E-state index in [4.69, 9.17) is 4.98 Å². The number of nitrogens with one attached hydrogen (secondary N) is 1. The fourth-order valence-electron chi connectivity index (χ4n) is 4.12. The lowest BCUT2D eigenvalue weighted by molar-refractivity contribution is -0.132. The van der Waals surface area contributed by atoms with Gasteiger partial charge in [0.15, 0.2) is 0 Å². The zero-order valence-corrected chi connectivity index (χ0v) is 16.3. The van der Waals surface area contributed by atoms with E-state index in [1.165, 1.54) is 6.42 Å². The Kier molecular flexibility index (Phi) is 5.27. The maximum absolute atomic E-state index is 12.7. The molecule has 4 rings (SSSR count). The van der Waals surface area contributed by atoms with Gasteiger partial charge in [0.25, 0.3) is 0 Å². The van der Waals surface area contributed by atoms with Gasteiger partial charge in [0, 0.05) is 44.1 Å². The third-order valence-electron chi connectivity index (χ3n) is 5.90. The van der Waals surface area contributed by atoms with E-state index >= 15 is 0 Å². The molecule has 1 amide bonds. The standard InChI is InChI=1S/C21H29N5O/c1-24-11-8-17(14-24)25(2)12-10-20(27)26-13-9-18-19(15-26)23-21(22-18)16-6-4-3-5-7-16/h3-7,17H,8-15H2,1-2H3,(H,22,23). The van der Waals surface area contributed by atoms with Crippen LogP contribution in [0.15, 0.2) is 30.3 Å². The molecule has 2 aliphatic rings. The second-order valence-electron chi connectivity index (χ2n) is 7.88. The van der Waals surface area contributed by atoms with Crippen LogP contribution in [0.5, 0.6) is 0 Å². The normalized spacial score (nSPS) is 20.3. The van der Waals surface area contributed by atoms with Gasteiger partial charge in [0.2, 0.25) is 5.91 Å². The lowest BCUT2D eigenvalue weighted by Crippen LogP contribution is -2.40. The fraction of sp³-hybridized carbons (Fsp3) is 0.524. The van der Waals surface area contributed by atoms with Crippen molar-refractivity contribution >= 4 is 5.91 Å². The third-order valence-corrected chi connectivity index (χ3v) is 5.90. The highest BCUT2D eigenvalue weighted by atomic mass is 16.2. The topological polar surface area (TPSA) is 55.5 Å². The summed E-state index contributed by atoms with van der Waals surface area (Å²) in [6.07, 6.45) is 2.62. The summed E-state index contributed by atoms with van der Waals surface area (Å²) in [5.41, 5.74) is 3.27. The molecule has 2 aliphatic heterocycles. The van der Waals surface area contributed by atoms with Crippen molar-refractivity contribution < 1.29 is 4.79 Å². The summed E-state index contributed by atoms with van der Waals surface area (Å²) in [5.74, 6) is 1.15. The minimum atomic E-state index is 0.245. The molecule has 6 heteroatoms. The Morgan fingerprint density at radius 1 is 1.30 bits per heavy atom. The molecule has 1 aromatic heterocycles. The van der Waals surface area contributed by atoms with Crippen molar-refractivity contribution in [2.24, 2.45) is 0 Å². The molecule has 144 valence electrons. The van der Waals surface area contributed by atoms with Gasteiger partial charge in [-0.25, -0.2) is 4.98 Å². The number of H-pyrrole nitrogens is 1. The molecule has 1 saturated heterocycles. The number of aromatic nitrogens is 2. The summed E-state index contributed by atoms with van der Waals surface area (Å²) < 4.78 is 0. The van der Waals surface area contributed by atoms with Crippen LogP contribution >= 0.6 is 0 Å². The smallest absolute Gasteiger partial charge is 0.224 e. The number of amides is 1. The van der Waals surface area contributed by atoms with E-state index in [-0.39, 0.29) is 5.91 Å². The molecule has 0 bridgehead atoms.